The predicted molar refractivity (Wildman–Crippen MR) is 73.4 cm³/mol. The van der Waals surface area contributed by atoms with Crippen molar-refractivity contribution in [2.45, 2.75) is 38.6 Å². The van der Waals surface area contributed by atoms with Gasteiger partial charge in [-0.3, -0.25) is 4.79 Å². The lowest BCUT2D eigenvalue weighted by Crippen LogP contribution is -2.37. The summed E-state index contributed by atoms with van der Waals surface area (Å²) in [4.78, 5) is 11.8. The fourth-order valence-corrected chi connectivity index (χ4v) is 2.53. The van der Waals surface area contributed by atoms with E-state index in [0.717, 1.165) is 32.2 Å². The number of amides is 1. The van der Waals surface area contributed by atoms with E-state index in [1.165, 1.54) is 11.1 Å². The van der Waals surface area contributed by atoms with Crippen LogP contribution in [0.4, 0.5) is 0 Å². The van der Waals surface area contributed by atoms with E-state index in [4.69, 9.17) is 0 Å². The molecule has 1 aromatic rings. The third-order valence-electron chi connectivity index (χ3n) is 3.42. The van der Waals surface area contributed by atoms with Gasteiger partial charge in [0, 0.05) is 0 Å². The van der Waals surface area contributed by atoms with Crippen molar-refractivity contribution >= 4 is 5.91 Å². The molecule has 1 aliphatic carbocycles. The van der Waals surface area contributed by atoms with Crippen molar-refractivity contribution in [1.29, 1.82) is 0 Å². The van der Waals surface area contributed by atoms with E-state index >= 15 is 0 Å². The summed E-state index contributed by atoms with van der Waals surface area (Å²) in [7, 11) is 0. The topological polar surface area (TPSA) is 41.1 Å². The first kappa shape index (κ1) is 13.1. The largest absolute Gasteiger partial charge is 0.348 e. The molecule has 1 unspecified atom stereocenters. The number of fused-ring (bicyclic) bond motifs is 1. The van der Waals surface area contributed by atoms with E-state index in [2.05, 4.69) is 41.8 Å². The summed E-state index contributed by atoms with van der Waals surface area (Å²) < 4.78 is 0. The van der Waals surface area contributed by atoms with E-state index < -0.39 is 0 Å². The van der Waals surface area contributed by atoms with Crippen LogP contribution in [-0.2, 0) is 11.2 Å². The van der Waals surface area contributed by atoms with Crippen molar-refractivity contribution in [2.24, 2.45) is 0 Å². The third-order valence-corrected chi connectivity index (χ3v) is 3.42. The van der Waals surface area contributed by atoms with Gasteiger partial charge in [-0.2, -0.15) is 0 Å². The van der Waals surface area contributed by atoms with Gasteiger partial charge in [0.1, 0.15) is 0 Å². The average Bonchev–Trinajstić information content (AvgIpc) is 2.39. The molecule has 18 heavy (non-hydrogen) atoms. The fraction of sp³-hybridized carbons (Fsp3) is 0.533. The van der Waals surface area contributed by atoms with Crippen molar-refractivity contribution in [1.82, 2.24) is 10.6 Å². The van der Waals surface area contributed by atoms with Crippen LogP contribution >= 0.6 is 0 Å². The van der Waals surface area contributed by atoms with Gasteiger partial charge in [0.05, 0.1) is 12.6 Å². The maximum atomic E-state index is 11.8. The Balaban J connectivity index is 1.92. The molecule has 0 spiro atoms. The molecule has 2 N–H and O–H groups in total. The minimum Gasteiger partial charge on any atom is -0.348 e. The number of carbonyl (C=O) groups is 1. The Morgan fingerprint density at radius 3 is 3.06 bits per heavy atom. The van der Waals surface area contributed by atoms with Crippen molar-refractivity contribution in [2.75, 3.05) is 13.1 Å². The van der Waals surface area contributed by atoms with Crippen LogP contribution in [0.25, 0.3) is 0 Å². The van der Waals surface area contributed by atoms with Crippen LogP contribution in [0.5, 0.6) is 0 Å². The van der Waals surface area contributed by atoms with E-state index in [0.29, 0.717) is 6.54 Å². The molecule has 0 aromatic heterocycles. The van der Waals surface area contributed by atoms with Crippen molar-refractivity contribution in [3.63, 3.8) is 0 Å². The third kappa shape index (κ3) is 3.33. The summed E-state index contributed by atoms with van der Waals surface area (Å²) in [6.45, 7) is 3.42. The monoisotopic (exact) mass is 246 g/mol. The summed E-state index contributed by atoms with van der Waals surface area (Å²) in [5.41, 5.74) is 2.68. The maximum Gasteiger partial charge on any atom is 0.234 e. The Kier molecular flexibility index (Phi) is 4.76. The van der Waals surface area contributed by atoms with Crippen LogP contribution in [-0.4, -0.2) is 19.0 Å². The van der Waals surface area contributed by atoms with Gasteiger partial charge in [-0.05, 0) is 43.4 Å². The lowest BCUT2D eigenvalue weighted by Gasteiger charge is -2.26. The summed E-state index contributed by atoms with van der Waals surface area (Å²) in [6, 6.07) is 8.64. The smallest absolute Gasteiger partial charge is 0.234 e. The second kappa shape index (κ2) is 6.55. The van der Waals surface area contributed by atoms with E-state index in [9.17, 15) is 4.79 Å². The summed E-state index contributed by atoms with van der Waals surface area (Å²) in [5.74, 6) is 0.102. The molecule has 0 saturated heterocycles. The highest BCUT2D eigenvalue weighted by Gasteiger charge is 2.20. The van der Waals surface area contributed by atoms with Crippen LogP contribution in [0.2, 0.25) is 0 Å². The van der Waals surface area contributed by atoms with Crippen LogP contribution in [0, 0.1) is 0 Å². The Morgan fingerprint density at radius 2 is 2.22 bits per heavy atom. The zero-order valence-corrected chi connectivity index (χ0v) is 11.0. The lowest BCUT2D eigenvalue weighted by atomic mass is 9.88. The normalized spacial score (nSPS) is 18.2. The fourth-order valence-electron chi connectivity index (χ4n) is 2.53. The number of hydrogen-bond acceptors (Lipinski definition) is 2. The van der Waals surface area contributed by atoms with Gasteiger partial charge < -0.3 is 10.6 Å². The van der Waals surface area contributed by atoms with Crippen LogP contribution in [0.15, 0.2) is 24.3 Å². The van der Waals surface area contributed by atoms with Crippen LogP contribution in [0.3, 0.4) is 0 Å². The lowest BCUT2D eigenvalue weighted by molar-refractivity contribution is -0.121. The molecule has 0 fully saturated rings. The number of carbonyl (C=O) groups excluding carboxylic acids is 1. The second-order valence-corrected chi connectivity index (χ2v) is 4.89. The first-order valence-corrected chi connectivity index (χ1v) is 6.89. The molecular formula is C15H22N2O. The molecule has 1 aromatic carbocycles. The van der Waals surface area contributed by atoms with Gasteiger partial charge in [-0.25, -0.2) is 0 Å². The zero-order chi connectivity index (χ0) is 12.8. The number of hydrogen-bond donors (Lipinski definition) is 2. The van der Waals surface area contributed by atoms with Gasteiger partial charge in [-0.1, -0.05) is 31.2 Å². The van der Waals surface area contributed by atoms with E-state index in [1.54, 1.807) is 0 Å². The van der Waals surface area contributed by atoms with Gasteiger partial charge >= 0.3 is 0 Å². The quantitative estimate of drug-likeness (QED) is 0.782. The van der Waals surface area contributed by atoms with Gasteiger partial charge in [0.15, 0.2) is 0 Å². The SMILES string of the molecule is CCCNCC(=O)NC1CCCc2ccccc21. The van der Waals surface area contributed by atoms with Crippen LogP contribution in [0.1, 0.15) is 43.4 Å². The molecule has 1 aliphatic rings. The second-order valence-electron chi connectivity index (χ2n) is 4.89. The number of nitrogens with one attached hydrogen (secondary N) is 2. The number of rotatable bonds is 5. The highest BCUT2D eigenvalue weighted by molar-refractivity contribution is 5.78. The zero-order valence-electron chi connectivity index (χ0n) is 11.0. The molecular weight excluding hydrogens is 224 g/mol. The summed E-state index contributed by atoms with van der Waals surface area (Å²) in [5, 5.41) is 6.27. The molecule has 1 atom stereocenters. The number of aryl methyl sites for hydroxylation is 1. The van der Waals surface area contributed by atoms with Gasteiger partial charge in [0.2, 0.25) is 5.91 Å². The molecule has 0 aliphatic heterocycles. The molecule has 0 saturated carbocycles. The maximum absolute atomic E-state index is 11.8. The average molecular weight is 246 g/mol. The first-order valence-electron chi connectivity index (χ1n) is 6.89. The van der Waals surface area contributed by atoms with Crippen molar-refractivity contribution in [3.05, 3.63) is 35.4 Å². The first-order chi connectivity index (χ1) is 8.81. The van der Waals surface area contributed by atoms with E-state index in [1.807, 2.05) is 0 Å². The molecule has 0 heterocycles. The minimum absolute atomic E-state index is 0.102. The Labute approximate surface area is 109 Å². The highest BCUT2D eigenvalue weighted by atomic mass is 16.1. The molecule has 3 nitrogen and oxygen atoms in total. The van der Waals surface area contributed by atoms with Crippen molar-refractivity contribution in [3.8, 4) is 0 Å². The highest BCUT2D eigenvalue weighted by Crippen LogP contribution is 2.29. The standard InChI is InChI=1S/C15H22N2O/c1-2-10-16-11-15(18)17-14-9-5-7-12-6-3-4-8-13(12)14/h3-4,6,8,14,16H,2,5,7,9-11H2,1H3,(H,17,18). The van der Waals surface area contributed by atoms with Gasteiger partial charge in [-0.15, -0.1) is 0 Å². The van der Waals surface area contributed by atoms with Crippen LogP contribution < -0.4 is 10.6 Å². The van der Waals surface area contributed by atoms with E-state index in [-0.39, 0.29) is 11.9 Å². The predicted octanol–water partition coefficient (Wildman–Crippen LogP) is 2.18. The van der Waals surface area contributed by atoms with Crippen molar-refractivity contribution < 1.29 is 4.79 Å². The van der Waals surface area contributed by atoms with Gasteiger partial charge in [0.25, 0.3) is 0 Å². The Morgan fingerprint density at radius 1 is 1.39 bits per heavy atom. The molecule has 0 radical (unpaired) electrons. The Bertz CT molecular complexity index is 403. The molecule has 98 valence electrons. The molecule has 1 amide bonds. The summed E-state index contributed by atoms with van der Waals surface area (Å²) in [6.07, 6.45) is 4.40. The molecule has 3 heteroatoms. The minimum atomic E-state index is 0.102. The Hall–Kier alpha value is -1.35. The number of benzene rings is 1. The molecule has 0 bridgehead atoms. The molecule has 2 rings (SSSR count). The summed E-state index contributed by atoms with van der Waals surface area (Å²) >= 11 is 0.